The second-order valence-electron chi connectivity index (χ2n) is 4.52. The van der Waals surface area contributed by atoms with E-state index in [0.29, 0.717) is 5.69 Å². The summed E-state index contributed by atoms with van der Waals surface area (Å²) in [5.41, 5.74) is 7.13. The molecule has 3 rings (SSSR count). The molecular formula is C15H12F2N4. The molecule has 1 heterocycles. The summed E-state index contributed by atoms with van der Waals surface area (Å²) in [5.74, 6) is -1.89. The van der Waals surface area contributed by atoms with Crippen LogP contribution in [0, 0.1) is 11.6 Å². The monoisotopic (exact) mass is 286 g/mol. The molecular weight excluding hydrogens is 274 g/mol. The lowest BCUT2D eigenvalue weighted by molar-refractivity contribution is 0.493. The van der Waals surface area contributed by atoms with Crippen LogP contribution in [0.25, 0.3) is 5.69 Å². The van der Waals surface area contributed by atoms with E-state index in [4.69, 9.17) is 5.73 Å². The van der Waals surface area contributed by atoms with Gasteiger partial charge in [-0.25, -0.2) is 8.78 Å². The van der Waals surface area contributed by atoms with Crippen LogP contribution >= 0.6 is 0 Å². The summed E-state index contributed by atoms with van der Waals surface area (Å²) in [7, 11) is 0. The van der Waals surface area contributed by atoms with Crippen molar-refractivity contribution in [3.63, 3.8) is 0 Å². The van der Waals surface area contributed by atoms with Gasteiger partial charge >= 0.3 is 0 Å². The Kier molecular flexibility index (Phi) is 3.45. The summed E-state index contributed by atoms with van der Waals surface area (Å²) in [6, 6.07) is 12.3. The summed E-state index contributed by atoms with van der Waals surface area (Å²) < 4.78 is 27.0. The molecule has 6 heteroatoms. The summed E-state index contributed by atoms with van der Waals surface area (Å²) in [6.07, 6.45) is 1.45. The van der Waals surface area contributed by atoms with Gasteiger partial charge in [0.25, 0.3) is 0 Å². The lowest BCUT2D eigenvalue weighted by Crippen LogP contribution is -2.15. The Hall–Kier alpha value is -2.60. The first-order valence-corrected chi connectivity index (χ1v) is 6.34. The maximum atomic E-state index is 13.8. The second kappa shape index (κ2) is 5.41. The molecule has 1 aromatic heterocycles. The molecule has 106 valence electrons. The van der Waals surface area contributed by atoms with Crippen molar-refractivity contribution < 1.29 is 8.78 Å². The van der Waals surface area contributed by atoms with Crippen molar-refractivity contribution in [2.75, 3.05) is 0 Å². The number of rotatable bonds is 3. The zero-order valence-electron chi connectivity index (χ0n) is 10.9. The molecule has 0 bridgehead atoms. The Labute approximate surface area is 119 Å². The van der Waals surface area contributed by atoms with Crippen molar-refractivity contribution in [2.24, 2.45) is 5.73 Å². The maximum Gasteiger partial charge on any atom is 0.163 e. The van der Waals surface area contributed by atoms with Crippen LogP contribution in [0.15, 0.2) is 54.7 Å². The van der Waals surface area contributed by atoms with E-state index in [2.05, 4.69) is 10.2 Å². The van der Waals surface area contributed by atoms with Crippen LogP contribution in [0.2, 0.25) is 0 Å². The molecule has 0 fully saturated rings. The summed E-state index contributed by atoms with van der Waals surface area (Å²) in [5, 5.41) is 8.31. The minimum absolute atomic E-state index is 0.0510. The predicted octanol–water partition coefficient (Wildman–Crippen LogP) is 2.59. The minimum Gasteiger partial charge on any atom is -0.319 e. The lowest BCUT2D eigenvalue weighted by atomic mass is 10.0. The zero-order chi connectivity index (χ0) is 14.8. The molecule has 0 saturated carbocycles. The van der Waals surface area contributed by atoms with Crippen LogP contribution in [0.3, 0.4) is 0 Å². The van der Waals surface area contributed by atoms with E-state index in [-0.39, 0.29) is 5.56 Å². The third-order valence-electron chi connectivity index (χ3n) is 3.13. The minimum atomic E-state index is -0.959. The summed E-state index contributed by atoms with van der Waals surface area (Å²) >= 11 is 0. The number of benzene rings is 2. The number of hydrogen-bond donors (Lipinski definition) is 1. The fourth-order valence-electron chi connectivity index (χ4n) is 2.02. The molecule has 4 nitrogen and oxygen atoms in total. The Bertz CT molecular complexity index is 755. The Morgan fingerprint density at radius 2 is 1.76 bits per heavy atom. The normalized spacial score (nSPS) is 12.3. The number of nitrogens with two attached hydrogens (primary N) is 1. The zero-order valence-corrected chi connectivity index (χ0v) is 10.9. The van der Waals surface area contributed by atoms with Gasteiger partial charge in [-0.3, -0.25) is 0 Å². The topological polar surface area (TPSA) is 56.7 Å². The SMILES string of the molecule is NC(c1cnn(-c2ccccc2)n1)c1cccc(F)c1F. The highest BCUT2D eigenvalue weighted by molar-refractivity contribution is 5.31. The molecule has 1 atom stereocenters. The van der Waals surface area contributed by atoms with Crippen molar-refractivity contribution in [2.45, 2.75) is 6.04 Å². The summed E-state index contributed by atoms with van der Waals surface area (Å²) in [6.45, 7) is 0. The lowest BCUT2D eigenvalue weighted by Gasteiger charge is -2.10. The molecule has 0 aliphatic rings. The molecule has 0 amide bonds. The van der Waals surface area contributed by atoms with Gasteiger partial charge in [0.15, 0.2) is 11.6 Å². The van der Waals surface area contributed by atoms with Gasteiger partial charge in [-0.1, -0.05) is 30.3 Å². The third-order valence-corrected chi connectivity index (χ3v) is 3.13. The van der Waals surface area contributed by atoms with Gasteiger partial charge in [0.1, 0.15) is 5.69 Å². The predicted molar refractivity (Wildman–Crippen MR) is 73.7 cm³/mol. The van der Waals surface area contributed by atoms with Crippen molar-refractivity contribution in [1.29, 1.82) is 0 Å². The van der Waals surface area contributed by atoms with Gasteiger partial charge in [0.05, 0.1) is 17.9 Å². The Balaban J connectivity index is 1.95. The van der Waals surface area contributed by atoms with E-state index in [1.54, 1.807) is 0 Å². The van der Waals surface area contributed by atoms with Gasteiger partial charge in [0.2, 0.25) is 0 Å². The van der Waals surface area contributed by atoms with Crippen molar-refractivity contribution in [3.05, 3.63) is 77.6 Å². The average molecular weight is 286 g/mol. The highest BCUT2D eigenvalue weighted by Crippen LogP contribution is 2.22. The van der Waals surface area contributed by atoms with Gasteiger partial charge in [-0.15, -0.1) is 0 Å². The number of hydrogen-bond acceptors (Lipinski definition) is 3. The van der Waals surface area contributed by atoms with E-state index in [1.165, 1.54) is 23.1 Å². The first-order valence-electron chi connectivity index (χ1n) is 6.34. The summed E-state index contributed by atoms with van der Waals surface area (Å²) in [4.78, 5) is 1.40. The van der Waals surface area contributed by atoms with Gasteiger partial charge in [-0.2, -0.15) is 15.0 Å². The van der Waals surface area contributed by atoms with E-state index in [0.717, 1.165) is 11.8 Å². The van der Waals surface area contributed by atoms with Crippen molar-refractivity contribution in [3.8, 4) is 5.69 Å². The van der Waals surface area contributed by atoms with Crippen molar-refractivity contribution >= 4 is 0 Å². The van der Waals surface area contributed by atoms with Gasteiger partial charge < -0.3 is 5.73 Å². The van der Waals surface area contributed by atoms with E-state index in [9.17, 15) is 8.78 Å². The molecule has 1 unspecified atom stereocenters. The van der Waals surface area contributed by atoms with Crippen LogP contribution in [0.5, 0.6) is 0 Å². The molecule has 0 aliphatic heterocycles. The average Bonchev–Trinajstić information content (AvgIpc) is 3.00. The van der Waals surface area contributed by atoms with Crippen LogP contribution in [-0.4, -0.2) is 15.0 Å². The van der Waals surface area contributed by atoms with Crippen molar-refractivity contribution in [1.82, 2.24) is 15.0 Å². The van der Waals surface area contributed by atoms with Crippen LogP contribution < -0.4 is 5.73 Å². The largest absolute Gasteiger partial charge is 0.319 e. The van der Waals surface area contributed by atoms with E-state index in [1.807, 2.05) is 30.3 Å². The highest BCUT2D eigenvalue weighted by atomic mass is 19.2. The van der Waals surface area contributed by atoms with Gasteiger partial charge in [0, 0.05) is 5.56 Å². The van der Waals surface area contributed by atoms with Gasteiger partial charge in [-0.05, 0) is 18.2 Å². The molecule has 0 aliphatic carbocycles. The molecule has 3 aromatic rings. The molecule has 2 N–H and O–H groups in total. The number of aromatic nitrogens is 3. The molecule has 0 radical (unpaired) electrons. The number of nitrogens with zero attached hydrogens (tertiary/aromatic N) is 3. The fraction of sp³-hybridized carbons (Fsp3) is 0.0667. The standard InChI is InChI=1S/C15H12F2N4/c16-12-8-4-7-11(14(12)17)15(18)13-9-19-21(20-13)10-5-2-1-3-6-10/h1-9,15H,18H2. The number of halogens is 2. The molecule has 0 saturated heterocycles. The quantitative estimate of drug-likeness (QED) is 0.805. The second-order valence-corrected chi connectivity index (χ2v) is 4.52. The third kappa shape index (κ3) is 2.53. The van der Waals surface area contributed by atoms with E-state index < -0.39 is 17.7 Å². The Morgan fingerprint density at radius 1 is 1.00 bits per heavy atom. The Morgan fingerprint density at radius 3 is 2.52 bits per heavy atom. The number of para-hydroxylation sites is 1. The molecule has 2 aromatic carbocycles. The van der Waals surface area contributed by atoms with Crippen LogP contribution in [-0.2, 0) is 0 Å². The first-order chi connectivity index (χ1) is 10.2. The highest BCUT2D eigenvalue weighted by Gasteiger charge is 2.19. The van der Waals surface area contributed by atoms with Crippen LogP contribution in [0.4, 0.5) is 8.78 Å². The maximum absolute atomic E-state index is 13.8. The smallest absolute Gasteiger partial charge is 0.163 e. The van der Waals surface area contributed by atoms with E-state index >= 15 is 0 Å². The molecule has 0 spiro atoms. The van der Waals surface area contributed by atoms with Crippen LogP contribution in [0.1, 0.15) is 17.3 Å². The molecule has 21 heavy (non-hydrogen) atoms. The fourth-order valence-corrected chi connectivity index (χ4v) is 2.02. The first kappa shape index (κ1) is 13.4.